The van der Waals surface area contributed by atoms with E-state index in [4.69, 9.17) is 0 Å². The van der Waals surface area contributed by atoms with Crippen LogP contribution in [0.3, 0.4) is 0 Å². The van der Waals surface area contributed by atoms with Crippen LogP contribution in [-0.4, -0.2) is 55.8 Å². The maximum atomic E-state index is 12.9. The van der Waals surface area contributed by atoms with Gasteiger partial charge in [-0.2, -0.15) is 0 Å². The molecule has 2 heterocycles. The predicted molar refractivity (Wildman–Crippen MR) is 101 cm³/mol. The standard InChI is InChI=1S/C19H26N2O4S/c1-2-11-21(17-10-13-26(24,25)14-17)19(23)15-6-8-16(9-7-15)20-12-4-3-5-18(20)22/h6-9,17H,2-5,10-14H2,1H3. The third-order valence-corrected chi connectivity index (χ3v) is 6.87. The van der Waals surface area contributed by atoms with Gasteiger partial charge in [-0.3, -0.25) is 9.59 Å². The molecule has 2 saturated heterocycles. The summed E-state index contributed by atoms with van der Waals surface area (Å²) in [6, 6.07) is 6.87. The van der Waals surface area contributed by atoms with E-state index >= 15 is 0 Å². The Balaban J connectivity index is 1.76. The highest BCUT2D eigenvalue weighted by atomic mass is 32.2. The first-order chi connectivity index (χ1) is 12.4. The van der Waals surface area contributed by atoms with Crippen LogP contribution in [0.4, 0.5) is 5.69 Å². The van der Waals surface area contributed by atoms with Crippen LogP contribution < -0.4 is 4.90 Å². The van der Waals surface area contributed by atoms with Crippen LogP contribution in [0.25, 0.3) is 0 Å². The fourth-order valence-electron chi connectivity index (χ4n) is 3.74. The van der Waals surface area contributed by atoms with Crippen LogP contribution in [0.5, 0.6) is 0 Å². The van der Waals surface area contributed by atoms with Crippen molar-refractivity contribution in [3.05, 3.63) is 29.8 Å². The number of sulfone groups is 1. The van der Waals surface area contributed by atoms with Gasteiger partial charge in [0.25, 0.3) is 5.91 Å². The Kier molecular flexibility index (Phi) is 5.65. The van der Waals surface area contributed by atoms with E-state index in [9.17, 15) is 18.0 Å². The van der Waals surface area contributed by atoms with E-state index < -0.39 is 9.84 Å². The van der Waals surface area contributed by atoms with Crippen molar-refractivity contribution >= 4 is 27.3 Å². The molecule has 0 N–H and O–H groups in total. The Labute approximate surface area is 155 Å². The number of nitrogens with zero attached hydrogens (tertiary/aromatic N) is 2. The van der Waals surface area contributed by atoms with Crippen LogP contribution in [0, 0.1) is 0 Å². The molecule has 2 aliphatic heterocycles. The minimum absolute atomic E-state index is 0.0547. The summed E-state index contributed by atoms with van der Waals surface area (Å²) in [5, 5.41) is 0. The van der Waals surface area contributed by atoms with E-state index in [-0.39, 0.29) is 29.4 Å². The average molecular weight is 378 g/mol. The lowest BCUT2D eigenvalue weighted by Crippen LogP contribution is -2.41. The lowest BCUT2D eigenvalue weighted by molar-refractivity contribution is -0.119. The smallest absolute Gasteiger partial charge is 0.254 e. The van der Waals surface area contributed by atoms with Crippen molar-refractivity contribution in [3.8, 4) is 0 Å². The molecule has 1 atom stereocenters. The first-order valence-corrected chi connectivity index (χ1v) is 11.2. The quantitative estimate of drug-likeness (QED) is 0.788. The molecule has 0 spiro atoms. The monoisotopic (exact) mass is 378 g/mol. The molecule has 7 heteroatoms. The second-order valence-corrected chi connectivity index (χ2v) is 9.33. The van der Waals surface area contributed by atoms with Gasteiger partial charge in [-0.25, -0.2) is 8.42 Å². The summed E-state index contributed by atoms with van der Waals surface area (Å²) in [5.74, 6) is 0.199. The zero-order chi connectivity index (χ0) is 18.7. The molecule has 26 heavy (non-hydrogen) atoms. The Bertz CT molecular complexity index is 773. The number of hydrogen-bond acceptors (Lipinski definition) is 4. The van der Waals surface area contributed by atoms with Gasteiger partial charge in [0.1, 0.15) is 0 Å². The van der Waals surface area contributed by atoms with Crippen LogP contribution >= 0.6 is 0 Å². The van der Waals surface area contributed by atoms with E-state index in [1.54, 1.807) is 21.9 Å². The first-order valence-electron chi connectivity index (χ1n) is 9.33. The number of carbonyl (C=O) groups excluding carboxylic acids is 2. The van der Waals surface area contributed by atoms with E-state index in [0.29, 0.717) is 31.5 Å². The highest BCUT2D eigenvalue weighted by molar-refractivity contribution is 7.91. The molecule has 2 aliphatic rings. The van der Waals surface area contributed by atoms with Crippen LogP contribution in [0.15, 0.2) is 24.3 Å². The normalized spacial score (nSPS) is 22.4. The number of rotatable bonds is 5. The maximum Gasteiger partial charge on any atom is 0.254 e. The van der Waals surface area contributed by atoms with Gasteiger partial charge in [-0.05, 0) is 49.9 Å². The molecule has 2 amide bonds. The topological polar surface area (TPSA) is 74.8 Å². The lowest BCUT2D eigenvalue weighted by atomic mass is 10.1. The summed E-state index contributed by atoms with van der Waals surface area (Å²) in [4.78, 5) is 28.4. The molecule has 1 aromatic rings. The van der Waals surface area contributed by atoms with E-state index in [2.05, 4.69) is 0 Å². The molecule has 0 bridgehead atoms. The van der Waals surface area contributed by atoms with Crippen molar-refractivity contribution in [2.75, 3.05) is 29.5 Å². The summed E-state index contributed by atoms with van der Waals surface area (Å²) in [7, 11) is -3.04. The Morgan fingerprint density at radius 3 is 2.54 bits per heavy atom. The Hall–Kier alpha value is -1.89. The van der Waals surface area contributed by atoms with Crippen molar-refractivity contribution in [2.24, 2.45) is 0 Å². The molecule has 1 unspecified atom stereocenters. The van der Waals surface area contributed by atoms with Crippen LogP contribution in [-0.2, 0) is 14.6 Å². The molecular formula is C19H26N2O4S. The molecule has 0 radical (unpaired) electrons. The van der Waals surface area contributed by atoms with Gasteiger partial charge in [0.05, 0.1) is 11.5 Å². The van der Waals surface area contributed by atoms with Gasteiger partial charge in [0, 0.05) is 36.8 Å². The van der Waals surface area contributed by atoms with Gasteiger partial charge >= 0.3 is 0 Å². The highest BCUT2D eigenvalue weighted by Crippen LogP contribution is 2.24. The fourth-order valence-corrected chi connectivity index (χ4v) is 5.47. The van der Waals surface area contributed by atoms with Crippen molar-refractivity contribution in [1.29, 1.82) is 0 Å². The van der Waals surface area contributed by atoms with Crippen molar-refractivity contribution in [1.82, 2.24) is 4.90 Å². The summed E-state index contributed by atoms with van der Waals surface area (Å²) in [6.07, 6.45) is 3.78. The summed E-state index contributed by atoms with van der Waals surface area (Å²) in [6.45, 7) is 3.24. The molecule has 3 rings (SSSR count). The fraction of sp³-hybridized carbons (Fsp3) is 0.579. The number of carbonyl (C=O) groups is 2. The summed E-state index contributed by atoms with van der Waals surface area (Å²) < 4.78 is 23.6. The zero-order valence-electron chi connectivity index (χ0n) is 15.2. The molecule has 0 aromatic heterocycles. The second-order valence-electron chi connectivity index (χ2n) is 7.10. The predicted octanol–water partition coefficient (Wildman–Crippen LogP) is 2.24. The molecule has 0 aliphatic carbocycles. The summed E-state index contributed by atoms with van der Waals surface area (Å²) in [5.41, 5.74) is 1.35. The van der Waals surface area contributed by atoms with Crippen molar-refractivity contribution in [3.63, 3.8) is 0 Å². The number of benzene rings is 1. The molecule has 142 valence electrons. The SMILES string of the molecule is CCCN(C(=O)c1ccc(N2CCCCC2=O)cc1)C1CCS(=O)(=O)C1. The van der Waals surface area contributed by atoms with Gasteiger partial charge in [0.15, 0.2) is 9.84 Å². The number of amides is 2. The number of hydrogen-bond donors (Lipinski definition) is 0. The largest absolute Gasteiger partial charge is 0.335 e. The minimum Gasteiger partial charge on any atom is -0.335 e. The minimum atomic E-state index is -3.04. The van der Waals surface area contributed by atoms with Crippen LogP contribution in [0.1, 0.15) is 49.4 Å². The summed E-state index contributed by atoms with van der Waals surface area (Å²) >= 11 is 0. The molecule has 0 saturated carbocycles. The third-order valence-electron chi connectivity index (χ3n) is 5.12. The van der Waals surface area contributed by atoms with Gasteiger partial charge in [-0.15, -0.1) is 0 Å². The van der Waals surface area contributed by atoms with Gasteiger partial charge in [-0.1, -0.05) is 6.92 Å². The number of piperidine rings is 1. The Morgan fingerprint density at radius 1 is 1.23 bits per heavy atom. The molecular weight excluding hydrogens is 352 g/mol. The number of anilines is 1. The van der Waals surface area contributed by atoms with Gasteiger partial charge in [0.2, 0.25) is 5.91 Å². The average Bonchev–Trinajstić information content (AvgIpc) is 2.99. The maximum absolute atomic E-state index is 12.9. The molecule has 1 aromatic carbocycles. The molecule has 6 nitrogen and oxygen atoms in total. The second kappa shape index (κ2) is 7.78. The van der Waals surface area contributed by atoms with Gasteiger partial charge < -0.3 is 9.80 Å². The molecule has 2 fully saturated rings. The Morgan fingerprint density at radius 2 is 1.96 bits per heavy atom. The highest BCUT2D eigenvalue weighted by Gasteiger charge is 2.34. The van der Waals surface area contributed by atoms with E-state index in [0.717, 1.165) is 24.9 Å². The van der Waals surface area contributed by atoms with E-state index in [1.165, 1.54) is 0 Å². The van der Waals surface area contributed by atoms with E-state index in [1.807, 2.05) is 19.1 Å². The van der Waals surface area contributed by atoms with Crippen LogP contribution in [0.2, 0.25) is 0 Å². The van der Waals surface area contributed by atoms with Crippen molar-refractivity contribution < 1.29 is 18.0 Å². The zero-order valence-corrected chi connectivity index (χ0v) is 16.0. The first kappa shape index (κ1) is 18.9. The third kappa shape index (κ3) is 4.09. The van der Waals surface area contributed by atoms with Crippen molar-refractivity contribution in [2.45, 2.75) is 45.1 Å². The lowest BCUT2D eigenvalue weighted by Gasteiger charge is -2.29.